The number of hydrogen-bond acceptors (Lipinski definition) is 5. The highest BCUT2D eigenvalue weighted by Gasteiger charge is 2.18. The van der Waals surface area contributed by atoms with Crippen molar-refractivity contribution in [2.45, 2.75) is 52.6 Å². The minimum atomic E-state index is -0.283. The molecular formula is C13H24N4O2. The Morgan fingerprint density at radius 2 is 2.11 bits per heavy atom. The average Bonchev–Trinajstić information content (AvgIpc) is 2.85. The minimum Gasteiger partial charge on any atom is -0.468 e. The number of esters is 1. The molecule has 1 aromatic heterocycles. The Morgan fingerprint density at radius 1 is 1.37 bits per heavy atom. The lowest BCUT2D eigenvalue weighted by atomic mass is 10.2. The molecule has 0 aliphatic rings. The van der Waals surface area contributed by atoms with Crippen molar-refractivity contribution < 1.29 is 9.53 Å². The molecule has 1 aromatic rings. The Bertz CT molecular complexity index is 403. The van der Waals surface area contributed by atoms with E-state index in [2.05, 4.69) is 22.3 Å². The molecular weight excluding hydrogens is 244 g/mol. The second-order valence-electron chi connectivity index (χ2n) is 4.30. The first-order chi connectivity index (χ1) is 9.15. The number of carbonyl (C=O) groups is 1. The third-order valence-electron chi connectivity index (χ3n) is 2.99. The maximum absolute atomic E-state index is 11.6. The van der Waals surface area contributed by atoms with Crippen molar-refractivity contribution in [1.82, 2.24) is 20.1 Å². The first-order valence-electron chi connectivity index (χ1n) is 6.89. The van der Waals surface area contributed by atoms with Crippen LogP contribution in [0.15, 0.2) is 0 Å². The zero-order valence-electron chi connectivity index (χ0n) is 12.3. The van der Waals surface area contributed by atoms with Crippen LogP contribution in [-0.2, 0) is 28.9 Å². The van der Waals surface area contributed by atoms with Gasteiger partial charge in [0.15, 0.2) is 5.82 Å². The predicted octanol–water partition coefficient (Wildman–Crippen LogP) is 0.944. The quantitative estimate of drug-likeness (QED) is 0.711. The molecule has 0 saturated heterocycles. The highest BCUT2D eigenvalue weighted by Crippen LogP contribution is 2.04. The van der Waals surface area contributed by atoms with Gasteiger partial charge in [-0.3, -0.25) is 4.79 Å². The van der Waals surface area contributed by atoms with Crippen molar-refractivity contribution in [3.05, 3.63) is 11.6 Å². The third-order valence-corrected chi connectivity index (χ3v) is 2.99. The van der Waals surface area contributed by atoms with Gasteiger partial charge >= 0.3 is 5.97 Å². The van der Waals surface area contributed by atoms with E-state index in [-0.39, 0.29) is 12.0 Å². The van der Waals surface area contributed by atoms with E-state index in [9.17, 15) is 4.79 Å². The molecule has 1 unspecified atom stereocenters. The van der Waals surface area contributed by atoms with Gasteiger partial charge in [0.05, 0.1) is 7.11 Å². The summed E-state index contributed by atoms with van der Waals surface area (Å²) < 4.78 is 6.68. The fourth-order valence-corrected chi connectivity index (χ4v) is 1.96. The lowest BCUT2D eigenvalue weighted by Gasteiger charge is -2.15. The van der Waals surface area contributed by atoms with Crippen LogP contribution in [0.4, 0.5) is 0 Å². The number of carbonyl (C=O) groups excluding carboxylic acids is 1. The Kier molecular flexibility index (Phi) is 6.49. The van der Waals surface area contributed by atoms with Crippen molar-refractivity contribution >= 4 is 5.97 Å². The van der Waals surface area contributed by atoms with Crippen molar-refractivity contribution in [2.75, 3.05) is 13.7 Å². The molecule has 19 heavy (non-hydrogen) atoms. The van der Waals surface area contributed by atoms with Gasteiger partial charge in [0.1, 0.15) is 11.9 Å². The van der Waals surface area contributed by atoms with Gasteiger partial charge in [-0.05, 0) is 13.0 Å². The molecule has 0 aromatic carbocycles. The first-order valence-corrected chi connectivity index (χ1v) is 6.89. The topological polar surface area (TPSA) is 69.0 Å². The molecule has 1 heterocycles. The summed E-state index contributed by atoms with van der Waals surface area (Å²) in [7, 11) is 1.41. The van der Waals surface area contributed by atoms with Crippen LogP contribution in [0, 0.1) is 0 Å². The molecule has 6 nitrogen and oxygen atoms in total. The van der Waals surface area contributed by atoms with Crippen LogP contribution in [-0.4, -0.2) is 40.4 Å². The number of nitrogens with one attached hydrogen (secondary N) is 1. The molecule has 0 bridgehead atoms. The first kappa shape index (κ1) is 15.6. The second-order valence-corrected chi connectivity index (χ2v) is 4.30. The van der Waals surface area contributed by atoms with Crippen LogP contribution in [0.5, 0.6) is 0 Å². The molecule has 108 valence electrons. The molecule has 0 spiro atoms. The number of aromatic nitrogens is 3. The Hall–Kier alpha value is -1.43. The molecule has 1 atom stereocenters. The number of rotatable bonds is 8. The summed E-state index contributed by atoms with van der Waals surface area (Å²) >= 11 is 0. The highest BCUT2D eigenvalue weighted by atomic mass is 16.5. The third kappa shape index (κ3) is 4.31. The maximum Gasteiger partial charge on any atom is 0.322 e. The number of aryl methyl sites for hydroxylation is 3. The molecule has 6 heteroatoms. The summed E-state index contributed by atoms with van der Waals surface area (Å²) in [4.78, 5) is 16.1. The van der Waals surface area contributed by atoms with Gasteiger partial charge in [0.25, 0.3) is 0 Å². The van der Waals surface area contributed by atoms with Gasteiger partial charge in [0, 0.05) is 19.4 Å². The van der Waals surface area contributed by atoms with Crippen LogP contribution < -0.4 is 5.32 Å². The second kappa shape index (κ2) is 7.89. The van der Waals surface area contributed by atoms with Crippen molar-refractivity contribution in [3.63, 3.8) is 0 Å². The van der Waals surface area contributed by atoms with Crippen molar-refractivity contribution in [2.24, 2.45) is 0 Å². The van der Waals surface area contributed by atoms with E-state index >= 15 is 0 Å². The van der Waals surface area contributed by atoms with Gasteiger partial charge in [0.2, 0.25) is 0 Å². The highest BCUT2D eigenvalue weighted by molar-refractivity contribution is 5.75. The minimum absolute atomic E-state index is 0.226. The number of likely N-dealkylation sites (N-methyl/N-ethyl adjacent to an activating group) is 1. The van der Waals surface area contributed by atoms with Gasteiger partial charge in [-0.15, -0.1) is 0 Å². The maximum atomic E-state index is 11.6. The molecule has 0 radical (unpaired) electrons. The summed E-state index contributed by atoms with van der Waals surface area (Å²) in [6.07, 6.45) is 2.32. The zero-order valence-corrected chi connectivity index (χ0v) is 12.3. The van der Waals surface area contributed by atoms with Gasteiger partial charge in [-0.1, -0.05) is 20.8 Å². The standard InChI is InChI=1S/C13H24N4O2/c1-5-11-15-12(6-2)17(16-11)9-8-10(14-7-3)13(18)19-4/h10,14H,5-9H2,1-4H3. The largest absolute Gasteiger partial charge is 0.468 e. The number of nitrogens with zero attached hydrogens (tertiary/aromatic N) is 3. The van der Waals surface area contributed by atoms with Crippen LogP contribution in [0.3, 0.4) is 0 Å². The molecule has 1 rings (SSSR count). The zero-order chi connectivity index (χ0) is 14.3. The van der Waals surface area contributed by atoms with Gasteiger partial charge < -0.3 is 10.1 Å². The molecule has 0 fully saturated rings. The molecule has 0 aliphatic heterocycles. The lowest BCUT2D eigenvalue weighted by Crippen LogP contribution is -2.38. The van der Waals surface area contributed by atoms with Crippen LogP contribution in [0.1, 0.15) is 38.8 Å². The van der Waals surface area contributed by atoms with Gasteiger partial charge in [-0.2, -0.15) is 5.10 Å². The fraction of sp³-hybridized carbons (Fsp3) is 0.769. The predicted molar refractivity (Wildman–Crippen MR) is 72.9 cm³/mol. The molecule has 0 saturated carbocycles. The Morgan fingerprint density at radius 3 is 2.63 bits per heavy atom. The summed E-state index contributed by atoms with van der Waals surface area (Å²) in [6, 6.07) is -0.283. The van der Waals surface area contributed by atoms with Crippen LogP contribution >= 0.6 is 0 Å². The summed E-state index contributed by atoms with van der Waals surface area (Å²) in [5.74, 6) is 1.60. The van der Waals surface area contributed by atoms with E-state index in [4.69, 9.17) is 4.74 Å². The van der Waals surface area contributed by atoms with E-state index in [1.807, 2.05) is 18.5 Å². The smallest absolute Gasteiger partial charge is 0.322 e. The molecule has 0 amide bonds. The van der Waals surface area contributed by atoms with Crippen molar-refractivity contribution in [3.8, 4) is 0 Å². The van der Waals surface area contributed by atoms with Gasteiger partial charge in [-0.25, -0.2) is 9.67 Å². The monoisotopic (exact) mass is 268 g/mol. The summed E-state index contributed by atoms with van der Waals surface area (Å²) in [5.41, 5.74) is 0. The number of methoxy groups -OCH3 is 1. The Balaban J connectivity index is 2.67. The van der Waals surface area contributed by atoms with E-state index in [0.717, 1.165) is 31.0 Å². The Labute approximate surface area is 114 Å². The number of hydrogen-bond donors (Lipinski definition) is 1. The fourth-order valence-electron chi connectivity index (χ4n) is 1.96. The summed E-state index contributed by atoms with van der Waals surface area (Å²) in [6.45, 7) is 7.47. The average molecular weight is 268 g/mol. The van der Waals surface area contributed by atoms with E-state index in [1.54, 1.807) is 0 Å². The normalized spacial score (nSPS) is 12.4. The van der Waals surface area contributed by atoms with E-state index < -0.39 is 0 Å². The van der Waals surface area contributed by atoms with Crippen LogP contribution in [0.25, 0.3) is 0 Å². The number of ether oxygens (including phenoxy) is 1. The molecule has 1 N–H and O–H groups in total. The van der Waals surface area contributed by atoms with E-state index in [0.29, 0.717) is 13.0 Å². The molecule has 0 aliphatic carbocycles. The van der Waals surface area contributed by atoms with Crippen LogP contribution in [0.2, 0.25) is 0 Å². The van der Waals surface area contributed by atoms with Crippen molar-refractivity contribution in [1.29, 1.82) is 0 Å². The SMILES string of the molecule is CCNC(CCn1nc(CC)nc1CC)C(=O)OC. The van der Waals surface area contributed by atoms with E-state index in [1.165, 1.54) is 7.11 Å². The lowest BCUT2D eigenvalue weighted by molar-refractivity contribution is -0.143. The summed E-state index contributed by atoms with van der Waals surface area (Å²) in [5, 5.41) is 7.57.